The zero-order chi connectivity index (χ0) is 13.8. The molecule has 0 bridgehead atoms. The number of carbonyl (C=O) groups is 1. The van der Waals surface area contributed by atoms with Gasteiger partial charge in [-0.25, -0.2) is 0 Å². The van der Waals surface area contributed by atoms with E-state index in [-0.39, 0.29) is 12.3 Å². The van der Waals surface area contributed by atoms with Gasteiger partial charge in [-0.3, -0.25) is 4.79 Å². The highest BCUT2D eigenvalue weighted by Crippen LogP contribution is 2.20. The van der Waals surface area contributed by atoms with Gasteiger partial charge in [-0.05, 0) is 42.3 Å². The molecule has 2 aromatic carbocycles. The average Bonchev–Trinajstić information content (AvgIpc) is 2.34. The van der Waals surface area contributed by atoms with E-state index >= 15 is 0 Å². The fraction of sp³-hybridized carbons (Fsp3) is 0.133. The van der Waals surface area contributed by atoms with E-state index in [0.29, 0.717) is 10.7 Å². The van der Waals surface area contributed by atoms with Crippen molar-refractivity contribution >= 4 is 28.9 Å². The van der Waals surface area contributed by atoms with Crippen LogP contribution in [0.4, 0.5) is 11.4 Å². The van der Waals surface area contributed by atoms with Crippen LogP contribution >= 0.6 is 11.6 Å². The second-order valence-electron chi connectivity index (χ2n) is 4.43. The van der Waals surface area contributed by atoms with Crippen LogP contribution in [0.2, 0.25) is 5.02 Å². The van der Waals surface area contributed by atoms with E-state index in [1.54, 1.807) is 24.3 Å². The van der Waals surface area contributed by atoms with Crippen LogP contribution in [0.25, 0.3) is 0 Å². The number of nitrogen functional groups attached to an aromatic ring is 1. The lowest BCUT2D eigenvalue weighted by Gasteiger charge is -2.09. The molecule has 3 N–H and O–H groups in total. The van der Waals surface area contributed by atoms with Gasteiger partial charge in [0.25, 0.3) is 0 Å². The van der Waals surface area contributed by atoms with Gasteiger partial charge in [-0.1, -0.05) is 29.8 Å². The first-order valence-electron chi connectivity index (χ1n) is 5.95. The quantitative estimate of drug-likeness (QED) is 0.843. The molecule has 0 fully saturated rings. The number of halogens is 1. The number of carbonyl (C=O) groups excluding carboxylic acids is 1. The molecule has 0 heterocycles. The predicted molar refractivity (Wildman–Crippen MR) is 79.4 cm³/mol. The summed E-state index contributed by atoms with van der Waals surface area (Å²) in [6, 6.07) is 12.7. The maximum atomic E-state index is 12.0. The summed E-state index contributed by atoms with van der Waals surface area (Å²) in [6.45, 7) is 1.92. The van der Waals surface area contributed by atoms with Gasteiger partial charge >= 0.3 is 0 Å². The summed E-state index contributed by atoms with van der Waals surface area (Å²) in [5.74, 6) is -0.0871. The molecular formula is C15H15ClN2O. The van der Waals surface area contributed by atoms with Crippen LogP contribution < -0.4 is 11.1 Å². The monoisotopic (exact) mass is 274 g/mol. The van der Waals surface area contributed by atoms with Crippen LogP contribution in [-0.4, -0.2) is 5.91 Å². The van der Waals surface area contributed by atoms with Crippen molar-refractivity contribution in [3.8, 4) is 0 Å². The third-order valence-corrected chi connectivity index (χ3v) is 3.02. The summed E-state index contributed by atoms with van der Waals surface area (Å²) >= 11 is 5.91. The standard InChI is InChI=1S/C15H15ClN2O/c1-10-5-6-12(16)9-14(10)18-15(19)8-11-3-2-4-13(17)7-11/h2-7,9H,8,17H2,1H3,(H,18,19). The molecule has 1 amide bonds. The Hall–Kier alpha value is -2.00. The minimum absolute atomic E-state index is 0.0871. The third kappa shape index (κ3) is 3.73. The Morgan fingerprint density at radius 2 is 2.05 bits per heavy atom. The normalized spacial score (nSPS) is 10.2. The Morgan fingerprint density at radius 3 is 2.79 bits per heavy atom. The molecule has 3 nitrogen and oxygen atoms in total. The maximum absolute atomic E-state index is 12.0. The molecule has 0 aliphatic carbocycles. The zero-order valence-corrected chi connectivity index (χ0v) is 11.4. The number of nitrogens with one attached hydrogen (secondary N) is 1. The highest BCUT2D eigenvalue weighted by molar-refractivity contribution is 6.31. The van der Waals surface area contributed by atoms with Gasteiger partial charge in [0.05, 0.1) is 6.42 Å². The lowest BCUT2D eigenvalue weighted by atomic mass is 10.1. The molecule has 2 rings (SSSR count). The minimum Gasteiger partial charge on any atom is -0.399 e. The number of anilines is 2. The van der Waals surface area contributed by atoms with Crippen LogP contribution in [0.3, 0.4) is 0 Å². The SMILES string of the molecule is Cc1ccc(Cl)cc1NC(=O)Cc1cccc(N)c1. The summed E-state index contributed by atoms with van der Waals surface area (Å²) in [4.78, 5) is 12.0. The number of hydrogen-bond donors (Lipinski definition) is 2. The van der Waals surface area contributed by atoms with Gasteiger partial charge in [-0.15, -0.1) is 0 Å². The summed E-state index contributed by atoms with van der Waals surface area (Å²) in [6.07, 6.45) is 0.289. The molecule has 98 valence electrons. The van der Waals surface area contributed by atoms with Crippen LogP contribution in [0.5, 0.6) is 0 Å². The highest BCUT2D eigenvalue weighted by Gasteiger charge is 2.06. The van der Waals surface area contributed by atoms with Gasteiger partial charge in [0.1, 0.15) is 0 Å². The Morgan fingerprint density at radius 1 is 1.26 bits per heavy atom. The first kappa shape index (κ1) is 13.4. The third-order valence-electron chi connectivity index (χ3n) is 2.79. The second kappa shape index (κ2) is 5.76. The van der Waals surface area contributed by atoms with E-state index in [1.165, 1.54) is 0 Å². The first-order chi connectivity index (χ1) is 9.04. The second-order valence-corrected chi connectivity index (χ2v) is 4.87. The number of benzene rings is 2. The molecule has 4 heteroatoms. The maximum Gasteiger partial charge on any atom is 0.228 e. The summed E-state index contributed by atoms with van der Waals surface area (Å²) in [5, 5.41) is 3.46. The molecule has 0 unspecified atom stereocenters. The van der Waals surface area contributed by atoms with E-state index in [9.17, 15) is 4.79 Å². The predicted octanol–water partition coefficient (Wildman–Crippen LogP) is 3.41. The lowest BCUT2D eigenvalue weighted by molar-refractivity contribution is -0.115. The van der Waals surface area contributed by atoms with Crippen LogP contribution in [0, 0.1) is 6.92 Å². The minimum atomic E-state index is -0.0871. The molecule has 0 atom stereocenters. The van der Waals surface area contributed by atoms with Crippen molar-refractivity contribution in [3.05, 3.63) is 58.6 Å². The van der Waals surface area contributed by atoms with Gasteiger partial charge < -0.3 is 11.1 Å². The van der Waals surface area contributed by atoms with Crippen molar-refractivity contribution in [1.82, 2.24) is 0 Å². The van der Waals surface area contributed by atoms with Crippen molar-refractivity contribution in [3.63, 3.8) is 0 Å². The lowest BCUT2D eigenvalue weighted by Crippen LogP contribution is -2.15. The fourth-order valence-electron chi connectivity index (χ4n) is 1.81. The van der Waals surface area contributed by atoms with Crippen molar-refractivity contribution in [2.24, 2.45) is 0 Å². The molecule has 0 spiro atoms. The molecular weight excluding hydrogens is 260 g/mol. The fourth-order valence-corrected chi connectivity index (χ4v) is 1.98. The molecule has 0 aromatic heterocycles. The zero-order valence-electron chi connectivity index (χ0n) is 10.6. The van der Waals surface area contributed by atoms with Gasteiger partial charge in [-0.2, -0.15) is 0 Å². The van der Waals surface area contributed by atoms with Gasteiger partial charge in [0, 0.05) is 16.4 Å². The summed E-state index contributed by atoms with van der Waals surface area (Å²) < 4.78 is 0. The Labute approximate surface area is 117 Å². The molecule has 0 saturated carbocycles. The Balaban J connectivity index is 2.07. The first-order valence-corrected chi connectivity index (χ1v) is 6.33. The molecule has 19 heavy (non-hydrogen) atoms. The highest BCUT2D eigenvalue weighted by atomic mass is 35.5. The van der Waals surface area contributed by atoms with Crippen molar-refractivity contribution in [2.75, 3.05) is 11.1 Å². The Bertz CT molecular complexity index is 611. The smallest absolute Gasteiger partial charge is 0.228 e. The summed E-state index contributed by atoms with van der Waals surface area (Å²) in [7, 11) is 0. The molecule has 0 saturated heterocycles. The van der Waals surface area contributed by atoms with E-state index in [4.69, 9.17) is 17.3 Å². The van der Waals surface area contributed by atoms with E-state index in [1.807, 2.05) is 25.1 Å². The number of rotatable bonds is 3. The van der Waals surface area contributed by atoms with Crippen molar-refractivity contribution < 1.29 is 4.79 Å². The number of amides is 1. The number of nitrogens with two attached hydrogens (primary N) is 1. The van der Waals surface area contributed by atoms with Crippen molar-refractivity contribution in [1.29, 1.82) is 0 Å². The summed E-state index contributed by atoms with van der Waals surface area (Å²) in [5.41, 5.74) is 8.94. The number of aryl methyl sites for hydroxylation is 1. The van der Waals surface area contributed by atoms with E-state index in [2.05, 4.69) is 5.32 Å². The van der Waals surface area contributed by atoms with Gasteiger partial charge in [0.15, 0.2) is 0 Å². The van der Waals surface area contributed by atoms with Crippen LogP contribution in [0.15, 0.2) is 42.5 Å². The van der Waals surface area contributed by atoms with Crippen LogP contribution in [-0.2, 0) is 11.2 Å². The molecule has 0 radical (unpaired) electrons. The van der Waals surface area contributed by atoms with Crippen molar-refractivity contribution in [2.45, 2.75) is 13.3 Å². The van der Waals surface area contributed by atoms with E-state index in [0.717, 1.165) is 16.8 Å². The Kier molecular flexibility index (Phi) is 4.07. The number of hydrogen-bond acceptors (Lipinski definition) is 2. The average molecular weight is 275 g/mol. The van der Waals surface area contributed by atoms with E-state index < -0.39 is 0 Å². The van der Waals surface area contributed by atoms with Crippen LogP contribution in [0.1, 0.15) is 11.1 Å². The largest absolute Gasteiger partial charge is 0.399 e. The van der Waals surface area contributed by atoms with Gasteiger partial charge in [0.2, 0.25) is 5.91 Å². The molecule has 2 aromatic rings. The topological polar surface area (TPSA) is 55.1 Å². The molecule has 0 aliphatic heterocycles. The molecule has 0 aliphatic rings.